The standard InChI is InChI=1S/C16H22BrF2NO/c1-3-20-14(16(2)8-4-5-9-21-16)10-11-13(18)7-6-12(17)15(11)19/h6-7,14,20H,3-5,8-10H2,1-2H3. The van der Waals surface area contributed by atoms with Crippen molar-refractivity contribution >= 4 is 15.9 Å². The minimum atomic E-state index is -0.516. The van der Waals surface area contributed by atoms with Crippen molar-refractivity contribution in [2.75, 3.05) is 13.2 Å². The summed E-state index contributed by atoms with van der Waals surface area (Å²) < 4.78 is 34.4. The van der Waals surface area contributed by atoms with Gasteiger partial charge in [-0.3, -0.25) is 0 Å². The zero-order valence-electron chi connectivity index (χ0n) is 12.5. The van der Waals surface area contributed by atoms with Crippen molar-refractivity contribution in [2.24, 2.45) is 0 Å². The number of rotatable bonds is 5. The molecule has 5 heteroatoms. The molecule has 0 radical (unpaired) electrons. The molecule has 1 N–H and O–H groups in total. The SMILES string of the molecule is CCNC(Cc1c(F)ccc(Br)c1F)C1(C)CCCCO1. The lowest BCUT2D eigenvalue weighted by atomic mass is 9.84. The molecule has 1 aliphatic heterocycles. The molecule has 1 saturated heterocycles. The van der Waals surface area contributed by atoms with Gasteiger partial charge in [0.1, 0.15) is 11.6 Å². The highest BCUT2D eigenvalue weighted by atomic mass is 79.9. The highest BCUT2D eigenvalue weighted by Gasteiger charge is 2.37. The summed E-state index contributed by atoms with van der Waals surface area (Å²) in [6.45, 7) is 5.47. The van der Waals surface area contributed by atoms with Crippen LogP contribution in [-0.4, -0.2) is 24.8 Å². The van der Waals surface area contributed by atoms with E-state index in [2.05, 4.69) is 21.2 Å². The maximum absolute atomic E-state index is 14.2. The van der Waals surface area contributed by atoms with Gasteiger partial charge < -0.3 is 10.1 Å². The summed E-state index contributed by atoms with van der Waals surface area (Å²) in [5.41, 5.74) is -0.263. The molecule has 118 valence electrons. The molecule has 0 aliphatic carbocycles. The van der Waals surface area contributed by atoms with E-state index < -0.39 is 11.6 Å². The number of hydrogen-bond donors (Lipinski definition) is 1. The maximum Gasteiger partial charge on any atom is 0.143 e. The minimum absolute atomic E-state index is 0.110. The molecule has 1 aliphatic rings. The van der Waals surface area contributed by atoms with Crippen molar-refractivity contribution in [3.05, 3.63) is 33.8 Å². The molecule has 0 spiro atoms. The predicted molar refractivity (Wildman–Crippen MR) is 83.4 cm³/mol. The van der Waals surface area contributed by atoms with Crippen LogP contribution in [-0.2, 0) is 11.2 Å². The van der Waals surface area contributed by atoms with Crippen molar-refractivity contribution in [3.63, 3.8) is 0 Å². The Bertz CT molecular complexity index is 489. The van der Waals surface area contributed by atoms with E-state index >= 15 is 0 Å². The van der Waals surface area contributed by atoms with Gasteiger partial charge in [-0.1, -0.05) is 6.92 Å². The lowest BCUT2D eigenvalue weighted by Crippen LogP contribution is -2.53. The van der Waals surface area contributed by atoms with Crippen LogP contribution in [0.3, 0.4) is 0 Å². The lowest BCUT2D eigenvalue weighted by Gasteiger charge is -2.41. The number of nitrogens with one attached hydrogen (secondary N) is 1. The average Bonchev–Trinajstić information content (AvgIpc) is 2.47. The van der Waals surface area contributed by atoms with E-state index in [1.165, 1.54) is 12.1 Å². The van der Waals surface area contributed by atoms with Gasteiger partial charge in [0, 0.05) is 18.2 Å². The molecule has 1 aromatic rings. The third kappa shape index (κ3) is 3.82. The van der Waals surface area contributed by atoms with Gasteiger partial charge in [-0.2, -0.15) is 0 Å². The van der Waals surface area contributed by atoms with Crippen LogP contribution < -0.4 is 5.32 Å². The fraction of sp³-hybridized carbons (Fsp3) is 0.625. The molecule has 0 amide bonds. The van der Waals surface area contributed by atoms with Crippen LogP contribution in [0, 0.1) is 11.6 Å². The molecular formula is C16H22BrF2NO. The molecule has 0 saturated carbocycles. The van der Waals surface area contributed by atoms with Crippen LogP contribution >= 0.6 is 15.9 Å². The Balaban J connectivity index is 2.26. The Morgan fingerprint density at radius 3 is 2.76 bits per heavy atom. The second kappa shape index (κ2) is 7.16. The monoisotopic (exact) mass is 361 g/mol. The Kier molecular flexibility index (Phi) is 5.74. The van der Waals surface area contributed by atoms with Crippen molar-refractivity contribution < 1.29 is 13.5 Å². The van der Waals surface area contributed by atoms with E-state index in [-0.39, 0.29) is 23.6 Å². The van der Waals surface area contributed by atoms with Crippen LogP contribution in [0.15, 0.2) is 16.6 Å². The quantitative estimate of drug-likeness (QED) is 0.793. The zero-order chi connectivity index (χ0) is 15.5. The molecule has 2 nitrogen and oxygen atoms in total. The molecular weight excluding hydrogens is 340 g/mol. The van der Waals surface area contributed by atoms with E-state index in [4.69, 9.17) is 4.74 Å². The van der Waals surface area contributed by atoms with Crippen LogP contribution in [0.1, 0.15) is 38.7 Å². The molecule has 1 fully saturated rings. The predicted octanol–water partition coefficient (Wildman–Crippen LogP) is 4.21. The third-order valence-corrected chi connectivity index (χ3v) is 4.85. The second-order valence-electron chi connectivity index (χ2n) is 5.75. The number of ether oxygens (including phenoxy) is 1. The summed E-state index contributed by atoms with van der Waals surface area (Å²) in [4.78, 5) is 0. The molecule has 2 unspecified atom stereocenters. The number of halogens is 3. The van der Waals surface area contributed by atoms with Crippen LogP contribution in [0.2, 0.25) is 0 Å². The first-order valence-electron chi connectivity index (χ1n) is 7.47. The number of hydrogen-bond acceptors (Lipinski definition) is 2. The van der Waals surface area contributed by atoms with Crippen LogP contribution in [0.4, 0.5) is 8.78 Å². The van der Waals surface area contributed by atoms with Crippen molar-refractivity contribution in [1.29, 1.82) is 0 Å². The summed E-state index contributed by atoms with van der Waals surface area (Å²) in [7, 11) is 0. The number of likely N-dealkylation sites (N-methyl/N-ethyl adjacent to an activating group) is 1. The van der Waals surface area contributed by atoms with Crippen molar-refractivity contribution in [2.45, 2.75) is 51.2 Å². The Hall–Kier alpha value is -0.520. The van der Waals surface area contributed by atoms with Gasteiger partial charge in [0.05, 0.1) is 10.1 Å². The van der Waals surface area contributed by atoms with E-state index in [1.807, 2.05) is 13.8 Å². The minimum Gasteiger partial charge on any atom is -0.374 e. The summed E-state index contributed by atoms with van der Waals surface area (Å²) in [6, 6.07) is 2.59. The smallest absolute Gasteiger partial charge is 0.143 e. The Morgan fingerprint density at radius 2 is 2.14 bits per heavy atom. The Morgan fingerprint density at radius 1 is 1.38 bits per heavy atom. The van der Waals surface area contributed by atoms with Gasteiger partial charge in [-0.15, -0.1) is 0 Å². The first kappa shape index (κ1) is 16.8. The van der Waals surface area contributed by atoms with Crippen LogP contribution in [0.25, 0.3) is 0 Å². The lowest BCUT2D eigenvalue weighted by molar-refractivity contribution is -0.0883. The summed E-state index contributed by atoms with van der Waals surface area (Å²) in [5.74, 6) is -1.02. The fourth-order valence-electron chi connectivity index (χ4n) is 2.94. The van der Waals surface area contributed by atoms with Gasteiger partial charge in [0.15, 0.2) is 0 Å². The van der Waals surface area contributed by atoms with Crippen LogP contribution in [0.5, 0.6) is 0 Å². The highest BCUT2D eigenvalue weighted by molar-refractivity contribution is 9.10. The van der Waals surface area contributed by atoms with Gasteiger partial charge in [0.2, 0.25) is 0 Å². The molecule has 0 bridgehead atoms. The van der Waals surface area contributed by atoms with Crippen molar-refractivity contribution in [3.8, 4) is 0 Å². The second-order valence-corrected chi connectivity index (χ2v) is 6.61. The van der Waals surface area contributed by atoms with E-state index in [1.54, 1.807) is 0 Å². The highest BCUT2D eigenvalue weighted by Crippen LogP contribution is 2.31. The first-order chi connectivity index (χ1) is 9.98. The molecule has 0 aromatic heterocycles. The summed E-state index contributed by atoms with van der Waals surface area (Å²) in [6.07, 6.45) is 3.32. The topological polar surface area (TPSA) is 21.3 Å². The molecule has 2 atom stereocenters. The zero-order valence-corrected chi connectivity index (χ0v) is 14.1. The van der Waals surface area contributed by atoms with Gasteiger partial charge in [-0.25, -0.2) is 8.78 Å². The first-order valence-corrected chi connectivity index (χ1v) is 8.27. The van der Waals surface area contributed by atoms with Gasteiger partial charge >= 0.3 is 0 Å². The average molecular weight is 362 g/mol. The van der Waals surface area contributed by atoms with E-state index in [9.17, 15) is 8.78 Å². The molecule has 1 heterocycles. The number of benzene rings is 1. The largest absolute Gasteiger partial charge is 0.374 e. The van der Waals surface area contributed by atoms with E-state index in [0.29, 0.717) is 11.1 Å². The van der Waals surface area contributed by atoms with Gasteiger partial charge in [-0.05, 0) is 67.2 Å². The van der Waals surface area contributed by atoms with Crippen molar-refractivity contribution in [1.82, 2.24) is 5.32 Å². The van der Waals surface area contributed by atoms with E-state index in [0.717, 1.165) is 25.8 Å². The maximum atomic E-state index is 14.2. The van der Waals surface area contributed by atoms with Gasteiger partial charge in [0.25, 0.3) is 0 Å². The molecule has 2 rings (SSSR count). The summed E-state index contributed by atoms with van der Waals surface area (Å²) in [5, 5.41) is 3.34. The molecule has 21 heavy (non-hydrogen) atoms. The normalized spacial score (nSPS) is 24.0. The summed E-state index contributed by atoms with van der Waals surface area (Å²) >= 11 is 3.13. The fourth-order valence-corrected chi connectivity index (χ4v) is 3.31. The Labute approximate surface area is 133 Å². The third-order valence-electron chi connectivity index (χ3n) is 4.23. The molecule has 1 aromatic carbocycles.